The van der Waals surface area contributed by atoms with Gasteiger partial charge in [-0.25, -0.2) is 14.2 Å². The minimum Gasteiger partial charge on any atom is -0.489 e. The van der Waals surface area contributed by atoms with Crippen molar-refractivity contribution in [2.24, 2.45) is 13.0 Å². The summed E-state index contributed by atoms with van der Waals surface area (Å²) < 4.78 is 22.7. The maximum Gasteiger partial charge on any atom is 0.368 e. The molecule has 39 heavy (non-hydrogen) atoms. The minimum absolute atomic E-state index is 0.00893. The van der Waals surface area contributed by atoms with Gasteiger partial charge in [0.1, 0.15) is 23.1 Å². The van der Waals surface area contributed by atoms with Crippen molar-refractivity contribution in [1.29, 1.82) is 0 Å². The molecule has 3 N–H and O–H groups in total. The Morgan fingerprint density at radius 3 is 2.82 bits per heavy atom. The summed E-state index contributed by atoms with van der Waals surface area (Å²) >= 11 is 6.40. The predicted molar refractivity (Wildman–Crippen MR) is 144 cm³/mol. The molecule has 0 aliphatic carbocycles. The molecule has 2 saturated heterocycles. The highest BCUT2D eigenvalue weighted by Crippen LogP contribution is 2.33. The largest absolute Gasteiger partial charge is 0.489 e. The number of tetrazole rings is 1. The Morgan fingerprint density at radius 2 is 2.05 bits per heavy atom. The van der Waals surface area contributed by atoms with Gasteiger partial charge in [-0.05, 0) is 68.1 Å². The zero-order chi connectivity index (χ0) is 27.5. The number of hydrogen-bond donors (Lipinski definition) is 3. The number of aliphatic hydroxyl groups excluding tert-OH is 1. The summed E-state index contributed by atoms with van der Waals surface area (Å²) in [6.07, 6.45) is 6.73. The van der Waals surface area contributed by atoms with Gasteiger partial charge in [-0.1, -0.05) is 18.0 Å². The normalized spacial score (nSPS) is 20.3. The molecule has 2 aliphatic rings. The number of nitrogens with zero attached hydrogens (tertiary/aromatic N) is 7. The van der Waals surface area contributed by atoms with Crippen LogP contribution >= 0.6 is 11.6 Å². The Labute approximate surface area is 230 Å². The predicted octanol–water partition coefficient (Wildman–Crippen LogP) is 2.73. The van der Waals surface area contributed by atoms with E-state index in [4.69, 9.17) is 16.3 Å². The zero-order valence-electron chi connectivity index (χ0n) is 22.0. The van der Waals surface area contributed by atoms with E-state index in [1.54, 1.807) is 0 Å². The molecule has 210 valence electrons. The first kappa shape index (κ1) is 27.3. The van der Waals surface area contributed by atoms with Crippen molar-refractivity contribution in [3.8, 4) is 11.4 Å². The van der Waals surface area contributed by atoms with Crippen LogP contribution in [0, 0.1) is 11.7 Å². The van der Waals surface area contributed by atoms with Gasteiger partial charge in [-0.2, -0.15) is 14.3 Å². The second-order valence-corrected chi connectivity index (χ2v) is 10.6. The second-order valence-electron chi connectivity index (χ2n) is 10.2. The van der Waals surface area contributed by atoms with Gasteiger partial charge in [0, 0.05) is 25.7 Å². The van der Waals surface area contributed by atoms with Crippen molar-refractivity contribution < 1.29 is 14.2 Å². The van der Waals surface area contributed by atoms with Crippen molar-refractivity contribution >= 4 is 29.1 Å². The average molecular weight is 562 g/mol. The van der Waals surface area contributed by atoms with Crippen molar-refractivity contribution in [3.63, 3.8) is 0 Å². The molecule has 3 aromatic rings. The summed E-state index contributed by atoms with van der Waals surface area (Å²) in [6.45, 7) is 4.49. The molecule has 0 spiro atoms. The lowest BCUT2D eigenvalue weighted by Gasteiger charge is -2.44. The third kappa shape index (κ3) is 6.15. The Kier molecular flexibility index (Phi) is 8.29. The van der Waals surface area contributed by atoms with Gasteiger partial charge in [0.2, 0.25) is 5.95 Å². The fraction of sp³-hybridized carbons (Fsp3) is 0.560. The number of nitrogens with one attached hydrogen (secondary N) is 2. The standard InChI is InChI=1S/C25H33ClFN9O3/c1-15(37)14-39-22-10-18(27)19(11-21(22)36-25(38)34(2)32-33-36)30-24-29-13-17(26)23(31-24)28-12-16-6-5-9-35-8-4-3-7-20(16)35/h10-11,13,15-16,20,37H,3-9,12,14H2,1-2H3,(H2,28,29,30,31)/t15?,16-,20+/m0/s1. The van der Waals surface area contributed by atoms with Crippen LogP contribution in [0.4, 0.5) is 21.8 Å². The molecule has 4 heterocycles. The summed E-state index contributed by atoms with van der Waals surface area (Å²) in [5.41, 5.74) is -0.424. The number of piperidine rings is 2. The molecular formula is C25H33ClFN9O3. The molecule has 14 heteroatoms. The van der Waals surface area contributed by atoms with E-state index in [9.17, 15) is 9.90 Å². The highest BCUT2D eigenvalue weighted by atomic mass is 35.5. The van der Waals surface area contributed by atoms with Gasteiger partial charge in [-0.3, -0.25) is 0 Å². The number of rotatable bonds is 9. The lowest BCUT2D eigenvalue weighted by molar-refractivity contribution is 0.0649. The number of halogens is 2. The zero-order valence-corrected chi connectivity index (χ0v) is 22.7. The molecule has 0 radical (unpaired) electrons. The Morgan fingerprint density at radius 1 is 1.23 bits per heavy atom. The topological polar surface area (TPSA) is 135 Å². The summed E-state index contributed by atoms with van der Waals surface area (Å²) in [4.78, 5) is 23.8. The Bertz CT molecular complexity index is 1360. The van der Waals surface area contributed by atoms with Crippen molar-refractivity contribution in [3.05, 3.63) is 39.7 Å². The minimum atomic E-state index is -0.805. The quantitative estimate of drug-likeness (QED) is 0.358. The van der Waals surface area contributed by atoms with E-state index >= 15 is 4.39 Å². The summed E-state index contributed by atoms with van der Waals surface area (Å²) in [7, 11) is 1.44. The average Bonchev–Trinajstić information content (AvgIpc) is 3.26. The molecule has 3 atom stereocenters. The Balaban J connectivity index is 1.37. The lowest BCUT2D eigenvalue weighted by atomic mass is 9.83. The van der Waals surface area contributed by atoms with Crippen molar-refractivity contribution in [1.82, 2.24) is 34.7 Å². The van der Waals surface area contributed by atoms with E-state index in [2.05, 4.69) is 35.9 Å². The summed E-state index contributed by atoms with van der Waals surface area (Å²) in [5, 5.41) is 23.8. The van der Waals surface area contributed by atoms with Gasteiger partial charge in [-0.15, -0.1) is 0 Å². The van der Waals surface area contributed by atoms with E-state index < -0.39 is 17.6 Å². The van der Waals surface area contributed by atoms with E-state index in [-0.39, 0.29) is 29.7 Å². The van der Waals surface area contributed by atoms with E-state index in [0.29, 0.717) is 22.8 Å². The molecule has 2 aromatic heterocycles. The van der Waals surface area contributed by atoms with Crippen LogP contribution < -0.4 is 21.1 Å². The number of anilines is 3. The lowest BCUT2D eigenvalue weighted by Crippen LogP contribution is -2.49. The number of fused-ring (bicyclic) bond motifs is 1. The Hall–Kier alpha value is -3.29. The molecule has 2 aliphatic heterocycles. The van der Waals surface area contributed by atoms with E-state index in [0.717, 1.165) is 28.4 Å². The first-order chi connectivity index (χ1) is 18.8. The van der Waals surface area contributed by atoms with Crippen LogP contribution in [0.2, 0.25) is 5.02 Å². The maximum absolute atomic E-state index is 15.2. The molecular weight excluding hydrogens is 529 g/mol. The van der Waals surface area contributed by atoms with E-state index in [1.807, 2.05) is 0 Å². The van der Waals surface area contributed by atoms with Crippen LogP contribution in [-0.4, -0.2) is 78.2 Å². The maximum atomic E-state index is 15.2. The molecule has 0 bridgehead atoms. The summed E-state index contributed by atoms with van der Waals surface area (Å²) in [6, 6.07) is 3.03. The molecule has 1 aromatic carbocycles. The third-order valence-electron chi connectivity index (χ3n) is 7.23. The fourth-order valence-electron chi connectivity index (χ4n) is 5.31. The molecule has 5 rings (SSSR count). The first-order valence-corrected chi connectivity index (χ1v) is 13.6. The van der Waals surface area contributed by atoms with Gasteiger partial charge in [0.15, 0.2) is 11.6 Å². The van der Waals surface area contributed by atoms with Crippen molar-refractivity contribution in [2.45, 2.75) is 51.2 Å². The van der Waals surface area contributed by atoms with Crippen LogP contribution in [0.25, 0.3) is 5.69 Å². The third-order valence-corrected chi connectivity index (χ3v) is 7.51. The van der Waals surface area contributed by atoms with Crippen LogP contribution in [-0.2, 0) is 7.05 Å². The van der Waals surface area contributed by atoms with Gasteiger partial charge in [0.25, 0.3) is 0 Å². The first-order valence-electron chi connectivity index (χ1n) is 13.2. The second kappa shape index (κ2) is 11.8. The van der Waals surface area contributed by atoms with Crippen LogP contribution in [0.15, 0.2) is 23.1 Å². The molecule has 0 saturated carbocycles. The number of aryl methyl sites for hydroxylation is 1. The molecule has 12 nitrogen and oxygen atoms in total. The number of aliphatic hydroxyl groups is 1. The summed E-state index contributed by atoms with van der Waals surface area (Å²) in [5.74, 6) is 0.429. The van der Waals surface area contributed by atoms with Gasteiger partial charge < -0.3 is 25.4 Å². The highest BCUT2D eigenvalue weighted by Gasteiger charge is 2.32. The van der Waals surface area contributed by atoms with Gasteiger partial charge >= 0.3 is 5.69 Å². The highest BCUT2D eigenvalue weighted by molar-refractivity contribution is 6.32. The molecule has 0 amide bonds. The smallest absolute Gasteiger partial charge is 0.368 e. The SMILES string of the molecule is CC(O)COc1cc(F)c(Nc2ncc(Cl)c(NC[C@@H]3CCCN4CCCC[C@H]34)n2)cc1-n1nnn(C)c1=O. The van der Waals surface area contributed by atoms with E-state index in [1.165, 1.54) is 65.0 Å². The number of hydrogen-bond acceptors (Lipinski definition) is 10. The monoisotopic (exact) mass is 561 g/mol. The number of benzene rings is 1. The molecule has 1 unspecified atom stereocenters. The molecule has 2 fully saturated rings. The fourth-order valence-corrected chi connectivity index (χ4v) is 5.47. The number of aromatic nitrogens is 6. The number of ether oxygens (including phenoxy) is 1. The van der Waals surface area contributed by atoms with Crippen molar-refractivity contribution in [2.75, 3.05) is 36.9 Å². The van der Waals surface area contributed by atoms with Crippen LogP contribution in [0.3, 0.4) is 0 Å². The van der Waals surface area contributed by atoms with Crippen LogP contribution in [0.1, 0.15) is 39.0 Å². The van der Waals surface area contributed by atoms with Gasteiger partial charge in [0.05, 0.1) is 18.0 Å². The van der Waals surface area contributed by atoms with Crippen LogP contribution in [0.5, 0.6) is 5.75 Å².